The Labute approximate surface area is 127 Å². The average Bonchev–Trinajstić information content (AvgIpc) is 2.52. The first-order valence-corrected chi connectivity index (χ1v) is 7.93. The molecule has 0 aromatic heterocycles. The third kappa shape index (κ3) is 5.41. The van der Waals surface area contributed by atoms with Crippen molar-refractivity contribution >= 4 is 17.7 Å². The van der Waals surface area contributed by atoms with Gasteiger partial charge < -0.3 is 15.4 Å². The zero-order chi connectivity index (χ0) is 15.1. The molecule has 1 aliphatic heterocycles. The van der Waals surface area contributed by atoms with Crippen molar-refractivity contribution in [3.63, 3.8) is 0 Å². The highest BCUT2D eigenvalue weighted by Gasteiger charge is 2.12. The fourth-order valence-corrected chi connectivity index (χ4v) is 2.86. The van der Waals surface area contributed by atoms with Gasteiger partial charge in [0, 0.05) is 24.6 Å². The summed E-state index contributed by atoms with van der Waals surface area (Å²) in [4.78, 5) is 6.42. The monoisotopic (exact) mass is 315 g/mol. The SMILES string of the molecule is NC(=NCc1cccc(OCC(F)F)c1)N1CCSCC1. The van der Waals surface area contributed by atoms with Crippen molar-refractivity contribution < 1.29 is 13.5 Å². The third-order valence-corrected chi connectivity index (χ3v) is 3.98. The molecule has 0 bridgehead atoms. The lowest BCUT2D eigenvalue weighted by atomic mass is 10.2. The molecule has 0 atom stereocenters. The highest BCUT2D eigenvalue weighted by atomic mass is 32.2. The lowest BCUT2D eigenvalue weighted by Crippen LogP contribution is -2.42. The standard InChI is InChI=1S/C14H19F2N3OS/c15-13(16)10-20-12-3-1-2-11(8-12)9-18-14(17)19-4-6-21-7-5-19/h1-3,8,13H,4-7,9-10H2,(H2,17,18). The quantitative estimate of drug-likeness (QED) is 0.668. The number of nitrogens with zero attached hydrogens (tertiary/aromatic N) is 2. The molecule has 2 N–H and O–H groups in total. The van der Waals surface area contributed by atoms with E-state index < -0.39 is 13.0 Å². The second-order valence-corrected chi connectivity index (χ2v) is 5.85. The number of thioether (sulfide) groups is 1. The first-order chi connectivity index (χ1) is 10.1. The van der Waals surface area contributed by atoms with Crippen LogP contribution < -0.4 is 10.5 Å². The molecule has 1 fully saturated rings. The smallest absolute Gasteiger partial charge is 0.272 e. The van der Waals surface area contributed by atoms with Crippen molar-refractivity contribution in [2.24, 2.45) is 10.7 Å². The van der Waals surface area contributed by atoms with Crippen LogP contribution in [0.15, 0.2) is 29.3 Å². The molecule has 0 amide bonds. The molecular weight excluding hydrogens is 296 g/mol. The van der Waals surface area contributed by atoms with Gasteiger partial charge in [-0.3, -0.25) is 0 Å². The molecule has 1 saturated heterocycles. The van der Waals surface area contributed by atoms with E-state index in [1.165, 1.54) is 0 Å². The number of halogens is 2. The van der Waals surface area contributed by atoms with Crippen molar-refractivity contribution in [2.45, 2.75) is 13.0 Å². The predicted octanol–water partition coefficient (Wildman–Crippen LogP) is 2.19. The van der Waals surface area contributed by atoms with Gasteiger partial charge in [0.15, 0.2) is 5.96 Å². The molecule has 4 nitrogen and oxygen atoms in total. The van der Waals surface area contributed by atoms with Crippen molar-refractivity contribution in [1.82, 2.24) is 4.90 Å². The van der Waals surface area contributed by atoms with E-state index >= 15 is 0 Å². The van der Waals surface area contributed by atoms with Gasteiger partial charge in [-0.1, -0.05) is 12.1 Å². The molecule has 1 aliphatic rings. The van der Waals surface area contributed by atoms with Crippen molar-refractivity contribution in [2.75, 3.05) is 31.2 Å². The minimum atomic E-state index is -2.47. The van der Waals surface area contributed by atoms with Gasteiger partial charge in [0.25, 0.3) is 6.43 Å². The second-order valence-electron chi connectivity index (χ2n) is 4.62. The highest BCUT2D eigenvalue weighted by molar-refractivity contribution is 7.99. The normalized spacial score (nSPS) is 16.3. The van der Waals surface area contributed by atoms with E-state index in [-0.39, 0.29) is 0 Å². The molecule has 1 aromatic rings. The van der Waals surface area contributed by atoms with Gasteiger partial charge in [0.1, 0.15) is 12.4 Å². The van der Waals surface area contributed by atoms with Gasteiger partial charge in [-0.25, -0.2) is 13.8 Å². The van der Waals surface area contributed by atoms with E-state index in [4.69, 9.17) is 10.5 Å². The fourth-order valence-electron chi connectivity index (χ4n) is 1.96. The third-order valence-electron chi connectivity index (χ3n) is 3.03. The van der Waals surface area contributed by atoms with Crippen LogP contribution in [0.5, 0.6) is 5.75 Å². The molecule has 7 heteroatoms. The summed E-state index contributed by atoms with van der Waals surface area (Å²) in [5.41, 5.74) is 6.85. The molecule has 0 aliphatic carbocycles. The molecule has 0 unspecified atom stereocenters. The summed E-state index contributed by atoms with van der Waals surface area (Å²) >= 11 is 1.91. The van der Waals surface area contributed by atoms with E-state index in [9.17, 15) is 8.78 Å². The van der Waals surface area contributed by atoms with Crippen molar-refractivity contribution in [3.05, 3.63) is 29.8 Å². The van der Waals surface area contributed by atoms with Gasteiger partial charge in [0.05, 0.1) is 6.54 Å². The van der Waals surface area contributed by atoms with Crippen LogP contribution in [0.25, 0.3) is 0 Å². The molecule has 116 valence electrons. The van der Waals surface area contributed by atoms with Crippen LogP contribution in [-0.4, -0.2) is 48.5 Å². The van der Waals surface area contributed by atoms with E-state index in [1.807, 2.05) is 17.8 Å². The molecule has 1 heterocycles. The number of hydrogen-bond acceptors (Lipinski definition) is 3. The second kappa shape index (κ2) is 8.07. The summed E-state index contributed by atoms with van der Waals surface area (Å²) in [6, 6.07) is 7.00. The number of ether oxygens (including phenoxy) is 1. The fraction of sp³-hybridized carbons (Fsp3) is 0.500. The number of benzene rings is 1. The molecule has 1 aromatic carbocycles. The maximum Gasteiger partial charge on any atom is 0.272 e. The van der Waals surface area contributed by atoms with Crippen LogP contribution in [-0.2, 0) is 6.54 Å². The van der Waals surface area contributed by atoms with Crippen molar-refractivity contribution in [1.29, 1.82) is 0 Å². The predicted molar refractivity (Wildman–Crippen MR) is 82.2 cm³/mol. The van der Waals surface area contributed by atoms with Crippen LogP contribution in [0, 0.1) is 0 Å². The lowest BCUT2D eigenvalue weighted by molar-refractivity contribution is 0.0818. The molecule has 2 rings (SSSR count). The van der Waals surface area contributed by atoms with E-state index in [0.29, 0.717) is 18.3 Å². The van der Waals surface area contributed by atoms with Gasteiger partial charge >= 0.3 is 0 Å². The van der Waals surface area contributed by atoms with Gasteiger partial charge in [-0.2, -0.15) is 11.8 Å². The largest absolute Gasteiger partial charge is 0.488 e. The minimum Gasteiger partial charge on any atom is -0.488 e. The Morgan fingerprint density at radius 1 is 1.38 bits per heavy atom. The van der Waals surface area contributed by atoms with Crippen LogP contribution in [0.3, 0.4) is 0 Å². The Kier molecular flexibility index (Phi) is 6.10. The molecule has 0 saturated carbocycles. The highest BCUT2D eigenvalue weighted by Crippen LogP contribution is 2.15. The Balaban J connectivity index is 1.91. The number of guanidine groups is 1. The van der Waals surface area contributed by atoms with Crippen LogP contribution in [0.1, 0.15) is 5.56 Å². The first-order valence-electron chi connectivity index (χ1n) is 6.77. The Morgan fingerprint density at radius 3 is 2.86 bits per heavy atom. The minimum absolute atomic E-state index is 0.418. The van der Waals surface area contributed by atoms with Crippen molar-refractivity contribution in [3.8, 4) is 5.75 Å². The zero-order valence-corrected chi connectivity index (χ0v) is 12.5. The Morgan fingerprint density at radius 2 is 2.14 bits per heavy atom. The lowest BCUT2D eigenvalue weighted by Gasteiger charge is -2.27. The van der Waals surface area contributed by atoms with E-state index in [0.717, 1.165) is 30.2 Å². The molecule has 0 spiro atoms. The van der Waals surface area contributed by atoms with Crippen LogP contribution >= 0.6 is 11.8 Å². The van der Waals surface area contributed by atoms with E-state index in [2.05, 4.69) is 9.89 Å². The number of alkyl halides is 2. The van der Waals surface area contributed by atoms with Gasteiger partial charge in [0.2, 0.25) is 0 Å². The maximum atomic E-state index is 12.1. The average molecular weight is 315 g/mol. The number of nitrogens with two attached hydrogens (primary N) is 1. The summed E-state index contributed by atoms with van der Waals surface area (Å²) < 4.78 is 29.2. The Hall–Kier alpha value is -1.50. The number of rotatable bonds is 5. The summed E-state index contributed by atoms with van der Waals surface area (Å²) in [6.45, 7) is 1.65. The molecule has 21 heavy (non-hydrogen) atoms. The number of hydrogen-bond donors (Lipinski definition) is 1. The van der Waals surface area contributed by atoms with Gasteiger partial charge in [-0.05, 0) is 17.7 Å². The summed E-state index contributed by atoms with van der Waals surface area (Å²) in [7, 11) is 0. The summed E-state index contributed by atoms with van der Waals surface area (Å²) in [5, 5.41) is 0. The van der Waals surface area contributed by atoms with Crippen LogP contribution in [0.4, 0.5) is 8.78 Å². The number of aliphatic imine (C=N–C) groups is 1. The van der Waals surface area contributed by atoms with Gasteiger partial charge in [-0.15, -0.1) is 0 Å². The summed E-state index contributed by atoms with van der Waals surface area (Å²) in [5.74, 6) is 3.09. The maximum absolute atomic E-state index is 12.1. The van der Waals surface area contributed by atoms with Crippen LogP contribution in [0.2, 0.25) is 0 Å². The molecule has 0 radical (unpaired) electrons. The topological polar surface area (TPSA) is 50.9 Å². The summed E-state index contributed by atoms with van der Waals surface area (Å²) in [6.07, 6.45) is -2.47. The zero-order valence-electron chi connectivity index (χ0n) is 11.7. The molecular formula is C14H19F2N3OS. The first kappa shape index (κ1) is 15.9. The Bertz CT molecular complexity index is 479. The van der Waals surface area contributed by atoms with E-state index in [1.54, 1.807) is 18.2 Å².